The first-order valence-corrected chi connectivity index (χ1v) is 4.51. The van der Waals surface area contributed by atoms with Crippen molar-refractivity contribution in [3.8, 4) is 0 Å². The SMILES string of the molecule is CCOCC.Cc1cc(=O)[nH]c(N)n1. The predicted octanol–water partition coefficient (Wildman–Crippen LogP) is 0.703. The average molecular weight is 199 g/mol. The van der Waals surface area contributed by atoms with E-state index < -0.39 is 0 Å². The summed E-state index contributed by atoms with van der Waals surface area (Å²) >= 11 is 0. The molecule has 1 heterocycles. The molecule has 0 fully saturated rings. The number of nitrogens with one attached hydrogen (secondary N) is 1. The first-order chi connectivity index (χ1) is 6.60. The summed E-state index contributed by atoms with van der Waals surface area (Å²) in [5.74, 6) is 0.167. The van der Waals surface area contributed by atoms with Gasteiger partial charge in [-0.05, 0) is 20.8 Å². The number of aryl methyl sites for hydroxylation is 1. The molecule has 5 heteroatoms. The fourth-order valence-corrected chi connectivity index (χ4v) is 0.806. The van der Waals surface area contributed by atoms with Gasteiger partial charge in [-0.2, -0.15) is 0 Å². The van der Waals surface area contributed by atoms with E-state index in [1.807, 2.05) is 13.8 Å². The Hall–Kier alpha value is -1.36. The molecule has 0 saturated heterocycles. The summed E-state index contributed by atoms with van der Waals surface area (Å²) in [5.41, 5.74) is 5.62. The molecule has 0 aliphatic carbocycles. The van der Waals surface area contributed by atoms with Crippen LogP contribution in [0.5, 0.6) is 0 Å². The number of aromatic nitrogens is 2. The Bertz CT molecular complexity index is 284. The molecule has 1 aromatic rings. The lowest BCUT2D eigenvalue weighted by Gasteiger charge is -1.90. The Kier molecular flexibility index (Phi) is 6.39. The molecule has 3 N–H and O–H groups in total. The Morgan fingerprint density at radius 3 is 2.36 bits per heavy atom. The van der Waals surface area contributed by atoms with Crippen LogP contribution in [-0.4, -0.2) is 23.2 Å². The van der Waals surface area contributed by atoms with Gasteiger partial charge in [-0.25, -0.2) is 4.98 Å². The molecule has 0 radical (unpaired) electrons. The molecule has 0 aliphatic rings. The molecule has 0 spiro atoms. The lowest BCUT2D eigenvalue weighted by atomic mass is 10.5. The van der Waals surface area contributed by atoms with Crippen molar-refractivity contribution in [3.05, 3.63) is 22.1 Å². The van der Waals surface area contributed by atoms with Crippen LogP contribution in [0, 0.1) is 6.92 Å². The number of anilines is 1. The summed E-state index contributed by atoms with van der Waals surface area (Å²) in [4.78, 5) is 16.6. The number of H-pyrrole nitrogens is 1. The first-order valence-electron chi connectivity index (χ1n) is 4.51. The second-order valence-electron chi connectivity index (χ2n) is 2.55. The zero-order valence-corrected chi connectivity index (χ0v) is 8.83. The smallest absolute Gasteiger partial charge is 0.252 e. The number of ether oxygens (including phenoxy) is 1. The molecule has 0 unspecified atom stereocenters. The fourth-order valence-electron chi connectivity index (χ4n) is 0.806. The molecule has 0 saturated carbocycles. The average Bonchev–Trinajstić information content (AvgIpc) is 2.03. The van der Waals surface area contributed by atoms with E-state index in [2.05, 4.69) is 9.97 Å². The summed E-state index contributed by atoms with van der Waals surface area (Å²) in [7, 11) is 0. The molecular weight excluding hydrogens is 182 g/mol. The van der Waals surface area contributed by atoms with E-state index in [4.69, 9.17) is 10.5 Å². The maximum Gasteiger partial charge on any atom is 0.252 e. The van der Waals surface area contributed by atoms with Gasteiger partial charge >= 0.3 is 0 Å². The van der Waals surface area contributed by atoms with E-state index >= 15 is 0 Å². The highest BCUT2D eigenvalue weighted by Gasteiger charge is 1.89. The molecule has 5 nitrogen and oxygen atoms in total. The number of aromatic amines is 1. The Morgan fingerprint density at radius 1 is 1.50 bits per heavy atom. The topological polar surface area (TPSA) is 81.0 Å². The molecule has 0 aliphatic heterocycles. The third-order valence-corrected chi connectivity index (χ3v) is 1.30. The monoisotopic (exact) mass is 199 g/mol. The predicted molar refractivity (Wildman–Crippen MR) is 56.2 cm³/mol. The van der Waals surface area contributed by atoms with Crippen molar-refractivity contribution in [2.45, 2.75) is 20.8 Å². The number of rotatable bonds is 2. The molecule has 0 bridgehead atoms. The standard InChI is InChI=1S/C5H7N3O.C4H10O/c1-3-2-4(9)8-5(6)7-3;1-3-5-4-2/h2H,1H3,(H3,6,7,8,9);3-4H2,1-2H3. The number of nitrogen functional groups attached to an aromatic ring is 1. The van der Waals surface area contributed by atoms with Gasteiger partial charge in [0.2, 0.25) is 5.95 Å². The van der Waals surface area contributed by atoms with Crippen molar-refractivity contribution < 1.29 is 4.74 Å². The molecule has 14 heavy (non-hydrogen) atoms. The lowest BCUT2D eigenvalue weighted by molar-refractivity contribution is 0.162. The van der Waals surface area contributed by atoms with Crippen LogP contribution in [0.3, 0.4) is 0 Å². The molecule has 1 aromatic heterocycles. The van der Waals surface area contributed by atoms with Crippen molar-refractivity contribution >= 4 is 5.95 Å². The Morgan fingerprint density at radius 2 is 2.07 bits per heavy atom. The normalized spacial score (nSPS) is 9.07. The summed E-state index contributed by atoms with van der Waals surface area (Å²) in [6.45, 7) is 7.38. The van der Waals surface area contributed by atoms with Crippen LogP contribution in [0.15, 0.2) is 10.9 Å². The Balaban J connectivity index is 0.000000292. The van der Waals surface area contributed by atoms with Gasteiger partial charge in [-0.1, -0.05) is 0 Å². The quantitative estimate of drug-likeness (QED) is 0.734. The summed E-state index contributed by atoms with van der Waals surface area (Å²) in [5, 5.41) is 0. The second kappa shape index (κ2) is 7.08. The minimum Gasteiger partial charge on any atom is -0.382 e. The van der Waals surface area contributed by atoms with Crippen molar-refractivity contribution in [1.82, 2.24) is 9.97 Å². The van der Waals surface area contributed by atoms with E-state index in [-0.39, 0.29) is 11.5 Å². The number of nitrogens with two attached hydrogens (primary N) is 1. The van der Waals surface area contributed by atoms with Gasteiger partial charge in [0, 0.05) is 25.0 Å². The van der Waals surface area contributed by atoms with E-state index in [1.54, 1.807) is 6.92 Å². The van der Waals surface area contributed by atoms with Crippen molar-refractivity contribution in [3.63, 3.8) is 0 Å². The molecule has 0 aromatic carbocycles. The van der Waals surface area contributed by atoms with Crippen LogP contribution in [-0.2, 0) is 4.74 Å². The van der Waals surface area contributed by atoms with Gasteiger partial charge in [0.25, 0.3) is 5.56 Å². The summed E-state index contributed by atoms with van der Waals surface area (Å²) in [6.07, 6.45) is 0. The van der Waals surface area contributed by atoms with Crippen molar-refractivity contribution in [2.75, 3.05) is 18.9 Å². The van der Waals surface area contributed by atoms with Crippen LogP contribution in [0.2, 0.25) is 0 Å². The maximum absolute atomic E-state index is 10.5. The van der Waals surface area contributed by atoms with Gasteiger partial charge in [0.15, 0.2) is 0 Å². The minimum absolute atomic E-state index is 0.167. The first kappa shape index (κ1) is 12.6. The number of nitrogens with zero attached hydrogens (tertiary/aromatic N) is 1. The highest BCUT2D eigenvalue weighted by Crippen LogP contribution is 1.86. The highest BCUT2D eigenvalue weighted by molar-refractivity contribution is 5.16. The Labute approximate surface area is 83.3 Å². The zero-order chi connectivity index (χ0) is 11.0. The van der Waals surface area contributed by atoms with Gasteiger partial charge in [0.1, 0.15) is 0 Å². The highest BCUT2D eigenvalue weighted by atomic mass is 16.5. The fraction of sp³-hybridized carbons (Fsp3) is 0.556. The summed E-state index contributed by atoms with van der Waals surface area (Å²) < 4.78 is 4.83. The minimum atomic E-state index is -0.208. The van der Waals surface area contributed by atoms with Gasteiger partial charge in [-0.15, -0.1) is 0 Å². The molecule has 0 atom stereocenters. The molecule has 0 amide bonds. The van der Waals surface area contributed by atoms with Crippen LogP contribution in [0.1, 0.15) is 19.5 Å². The van der Waals surface area contributed by atoms with E-state index in [1.165, 1.54) is 6.07 Å². The van der Waals surface area contributed by atoms with E-state index in [0.717, 1.165) is 13.2 Å². The third kappa shape index (κ3) is 6.19. The van der Waals surface area contributed by atoms with Crippen molar-refractivity contribution in [1.29, 1.82) is 0 Å². The molecule has 80 valence electrons. The van der Waals surface area contributed by atoms with Gasteiger partial charge < -0.3 is 10.5 Å². The van der Waals surface area contributed by atoms with E-state index in [0.29, 0.717) is 5.69 Å². The van der Waals surface area contributed by atoms with Crippen molar-refractivity contribution in [2.24, 2.45) is 0 Å². The third-order valence-electron chi connectivity index (χ3n) is 1.30. The largest absolute Gasteiger partial charge is 0.382 e. The van der Waals surface area contributed by atoms with E-state index in [9.17, 15) is 4.79 Å². The zero-order valence-electron chi connectivity index (χ0n) is 8.83. The lowest BCUT2D eigenvalue weighted by Crippen LogP contribution is -2.09. The van der Waals surface area contributed by atoms with Crippen LogP contribution >= 0.6 is 0 Å². The van der Waals surface area contributed by atoms with Crippen LogP contribution in [0.4, 0.5) is 5.95 Å². The molecule has 1 rings (SSSR count). The number of hydrogen-bond donors (Lipinski definition) is 2. The molecular formula is C9H17N3O2. The van der Waals surface area contributed by atoms with Crippen LogP contribution in [0.25, 0.3) is 0 Å². The number of hydrogen-bond acceptors (Lipinski definition) is 4. The second-order valence-corrected chi connectivity index (χ2v) is 2.55. The van der Waals surface area contributed by atoms with Crippen LogP contribution < -0.4 is 11.3 Å². The maximum atomic E-state index is 10.5. The van der Waals surface area contributed by atoms with Gasteiger partial charge in [-0.3, -0.25) is 9.78 Å². The summed E-state index contributed by atoms with van der Waals surface area (Å²) in [6, 6.07) is 1.39. The van der Waals surface area contributed by atoms with Gasteiger partial charge in [0.05, 0.1) is 0 Å².